The second-order valence-electron chi connectivity index (χ2n) is 4.44. The fourth-order valence-electron chi connectivity index (χ4n) is 1.97. The number of hydrogen-bond donors (Lipinski definition) is 1. The summed E-state index contributed by atoms with van der Waals surface area (Å²) in [6.07, 6.45) is -5.68. The SMILES string of the molecule is OC(Cc1cccc(Br)c1)c1ccccc1OC(F)(F)F. The lowest BCUT2D eigenvalue weighted by molar-refractivity contribution is -0.275. The third-order valence-corrected chi connectivity index (χ3v) is 3.32. The van der Waals surface area contributed by atoms with Crippen LogP contribution in [0.1, 0.15) is 17.2 Å². The summed E-state index contributed by atoms with van der Waals surface area (Å²) in [5, 5.41) is 10.2. The van der Waals surface area contributed by atoms with Crippen molar-refractivity contribution in [1.82, 2.24) is 0 Å². The van der Waals surface area contributed by atoms with Crippen LogP contribution in [0.25, 0.3) is 0 Å². The summed E-state index contributed by atoms with van der Waals surface area (Å²) in [6, 6.07) is 12.8. The molecule has 0 spiro atoms. The summed E-state index contributed by atoms with van der Waals surface area (Å²) >= 11 is 3.31. The third kappa shape index (κ3) is 4.75. The number of aliphatic hydroxyl groups is 1. The highest BCUT2D eigenvalue weighted by molar-refractivity contribution is 9.10. The van der Waals surface area contributed by atoms with Gasteiger partial charge in [-0.05, 0) is 23.8 Å². The summed E-state index contributed by atoms with van der Waals surface area (Å²) in [6.45, 7) is 0. The van der Waals surface area contributed by atoms with E-state index in [0.717, 1.165) is 10.0 Å². The Morgan fingerprint density at radius 3 is 2.48 bits per heavy atom. The molecule has 1 atom stereocenters. The van der Waals surface area contributed by atoms with Crippen molar-refractivity contribution in [1.29, 1.82) is 0 Å². The number of aliphatic hydroxyl groups excluding tert-OH is 1. The molecule has 2 aromatic rings. The van der Waals surface area contributed by atoms with E-state index < -0.39 is 12.5 Å². The first-order chi connectivity index (χ1) is 9.85. The van der Waals surface area contributed by atoms with E-state index >= 15 is 0 Å². The zero-order chi connectivity index (χ0) is 15.5. The maximum atomic E-state index is 12.4. The van der Waals surface area contributed by atoms with Crippen LogP contribution in [0, 0.1) is 0 Å². The van der Waals surface area contributed by atoms with E-state index in [1.54, 1.807) is 24.3 Å². The van der Waals surface area contributed by atoms with Gasteiger partial charge >= 0.3 is 6.36 Å². The van der Waals surface area contributed by atoms with Crippen molar-refractivity contribution in [3.05, 3.63) is 64.1 Å². The van der Waals surface area contributed by atoms with E-state index in [0.29, 0.717) is 0 Å². The van der Waals surface area contributed by atoms with Crippen molar-refractivity contribution >= 4 is 15.9 Å². The molecule has 2 rings (SSSR count). The molecule has 6 heteroatoms. The largest absolute Gasteiger partial charge is 0.573 e. The van der Waals surface area contributed by atoms with Crippen molar-refractivity contribution in [2.75, 3.05) is 0 Å². The lowest BCUT2D eigenvalue weighted by atomic mass is 10.0. The quantitative estimate of drug-likeness (QED) is 0.861. The Morgan fingerprint density at radius 1 is 1.10 bits per heavy atom. The van der Waals surface area contributed by atoms with Crippen molar-refractivity contribution in [2.45, 2.75) is 18.9 Å². The van der Waals surface area contributed by atoms with Crippen LogP contribution in [0.4, 0.5) is 13.2 Å². The minimum Gasteiger partial charge on any atom is -0.405 e. The fourth-order valence-corrected chi connectivity index (χ4v) is 2.42. The van der Waals surface area contributed by atoms with Gasteiger partial charge in [0.15, 0.2) is 0 Å². The number of benzene rings is 2. The first-order valence-corrected chi connectivity index (χ1v) is 6.91. The Hall–Kier alpha value is -1.53. The zero-order valence-corrected chi connectivity index (χ0v) is 12.4. The molecule has 112 valence electrons. The number of alkyl halides is 3. The molecule has 0 radical (unpaired) electrons. The smallest absolute Gasteiger partial charge is 0.405 e. The Bertz CT molecular complexity index is 614. The topological polar surface area (TPSA) is 29.5 Å². The lowest BCUT2D eigenvalue weighted by Crippen LogP contribution is -2.19. The second-order valence-corrected chi connectivity index (χ2v) is 5.35. The van der Waals surface area contributed by atoms with Crippen LogP contribution in [0.3, 0.4) is 0 Å². The molecule has 0 aliphatic heterocycles. The van der Waals surface area contributed by atoms with Gasteiger partial charge in [0.05, 0.1) is 6.10 Å². The van der Waals surface area contributed by atoms with Crippen LogP contribution in [0.2, 0.25) is 0 Å². The first kappa shape index (κ1) is 15.9. The van der Waals surface area contributed by atoms with Gasteiger partial charge in [-0.15, -0.1) is 13.2 Å². The molecule has 0 aromatic heterocycles. The molecule has 0 aliphatic carbocycles. The Kier molecular flexibility index (Phi) is 4.90. The molecule has 1 N–H and O–H groups in total. The molecule has 2 aromatic carbocycles. The highest BCUT2D eigenvalue weighted by atomic mass is 79.9. The lowest BCUT2D eigenvalue weighted by Gasteiger charge is -2.17. The minimum atomic E-state index is -4.79. The Morgan fingerprint density at radius 2 is 1.81 bits per heavy atom. The predicted molar refractivity (Wildman–Crippen MR) is 75.9 cm³/mol. The van der Waals surface area contributed by atoms with Crippen LogP contribution in [0.15, 0.2) is 53.0 Å². The molecular formula is C15H12BrF3O2. The average molecular weight is 361 g/mol. The highest BCUT2D eigenvalue weighted by Crippen LogP contribution is 2.32. The maximum absolute atomic E-state index is 12.4. The second kappa shape index (κ2) is 6.49. The minimum absolute atomic E-state index is 0.106. The summed E-state index contributed by atoms with van der Waals surface area (Å²) in [5.74, 6) is -0.382. The Balaban J connectivity index is 2.21. The number of ether oxygens (including phenoxy) is 1. The normalized spacial score (nSPS) is 13.0. The summed E-state index contributed by atoms with van der Waals surface area (Å²) in [7, 11) is 0. The van der Waals surface area contributed by atoms with Gasteiger partial charge in [-0.3, -0.25) is 0 Å². The van der Waals surface area contributed by atoms with Gasteiger partial charge in [0.25, 0.3) is 0 Å². The molecule has 0 aliphatic rings. The van der Waals surface area contributed by atoms with Gasteiger partial charge in [-0.1, -0.05) is 46.3 Å². The maximum Gasteiger partial charge on any atom is 0.573 e. The summed E-state index contributed by atoms with van der Waals surface area (Å²) in [5.41, 5.74) is 0.911. The van der Waals surface area contributed by atoms with E-state index in [-0.39, 0.29) is 17.7 Å². The predicted octanol–water partition coefficient (Wildman–Crippen LogP) is 4.62. The van der Waals surface area contributed by atoms with Gasteiger partial charge in [-0.2, -0.15) is 0 Å². The van der Waals surface area contributed by atoms with Crippen LogP contribution >= 0.6 is 15.9 Å². The van der Waals surface area contributed by atoms with E-state index in [1.807, 2.05) is 6.07 Å². The summed E-state index contributed by atoms with van der Waals surface area (Å²) in [4.78, 5) is 0. The number of hydrogen-bond acceptors (Lipinski definition) is 2. The van der Waals surface area contributed by atoms with E-state index in [9.17, 15) is 18.3 Å². The van der Waals surface area contributed by atoms with Crippen molar-refractivity contribution in [2.24, 2.45) is 0 Å². The van der Waals surface area contributed by atoms with Crippen LogP contribution in [-0.2, 0) is 6.42 Å². The summed E-state index contributed by atoms with van der Waals surface area (Å²) < 4.78 is 41.8. The van der Waals surface area contributed by atoms with Gasteiger partial charge < -0.3 is 9.84 Å². The highest BCUT2D eigenvalue weighted by Gasteiger charge is 2.32. The van der Waals surface area contributed by atoms with E-state index in [4.69, 9.17) is 0 Å². The number of para-hydroxylation sites is 1. The van der Waals surface area contributed by atoms with E-state index in [1.165, 1.54) is 18.2 Å². The van der Waals surface area contributed by atoms with Crippen LogP contribution in [0.5, 0.6) is 5.75 Å². The molecule has 21 heavy (non-hydrogen) atoms. The molecule has 1 unspecified atom stereocenters. The van der Waals surface area contributed by atoms with Gasteiger partial charge in [0, 0.05) is 16.5 Å². The molecule has 0 saturated heterocycles. The molecule has 0 amide bonds. The fraction of sp³-hybridized carbons (Fsp3) is 0.200. The average Bonchev–Trinajstić information content (AvgIpc) is 2.37. The van der Waals surface area contributed by atoms with Crippen molar-refractivity contribution in [3.8, 4) is 5.75 Å². The standard InChI is InChI=1S/C15H12BrF3O2/c16-11-5-3-4-10(8-11)9-13(20)12-6-1-2-7-14(12)21-15(17,18)19/h1-8,13,20H,9H2. The first-order valence-electron chi connectivity index (χ1n) is 6.12. The van der Waals surface area contributed by atoms with Crippen molar-refractivity contribution < 1.29 is 23.0 Å². The molecule has 0 bridgehead atoms. The molecule has 2 nitrogen and oxygen atoms in total. The molecule has 0 heterocycles. The van der Waals surface area contributed by atoms with Crippen LogP contribution in [-0.4, -0.2) is 11.5 Å². The van der Waals surface area contributed by atoms with Gasteiger partial charge in [-0.25, -0.2) is 0 Å². The molecule has 0 saturated carbocycles. The number of halogens is 4. The third-order valence-electron chi connectivity index (χ3n) is 2.82. The van der Waals surface area contributed by atoms with Crippen molar-refractivity contribution in [3.63, 3.8) is 0 Å². The molecular weight excluding hydrogens is 349 g/mol. The Labute approximate surface area is 128 Å². The van der Waals surface area contributed by atoms with Gasteiger partial charge in [0.2, 0.25) is 0 Å². The molecule has 0 fully saturated rings. The number of rotatable bonds is 4. The monoisotopic (exact) mass is 360 g/mol. The van der Waals surface area contributed by atoms with Gasteiger partial charge in [0.1, 0.15) is 5.75 Å². The zero-order valence-electron chi connectivity index (χ0n) is 10.8. The van der Waals surface area contributed by atoms with Crippen LogP contribution < -0.4 is 4.74 Å². The van der Waals surface area contributed by atoms with E-state index in [2.05, 4.69) is 20.7 Å².